The predicted molar refractivity (Wildman–Crippen MR) is 76.0 cm³/mol. The normalized spacial score (nSPS) is 10.5. The minimum absolute atomic E-state index is 0.0513. The van der Waals surface area contributed by atoms with Crippen LogP contribution < -0.4 is 5.32 Å². The van der Waals surface area contributed by atoms with Gasteiger partial charge in [-0.2, -0.15) is 0 Å². The summed E-state index contributed by atoms with van der Waals surface area (Å²) in [6.07, 6.45) is 1.23. The van der Waals surface area contributed by atoms with E-state index in [2.05, 4.69) is 29.6 Å². The van der Waals surface area contributed by atoms with E-state index >= 15 is 0 Å². The summed E-state index contributed by atoms with van der Waals surface area (Å²) in [6, 6.07) is 14.3. The van der Waals surface area contributed by atoms with Gasteiger partial charge in [0.1, 0.15) is 0 Å². The van der Waals surface area contributed by atoms with Gasteiger partial charge in [-0.3, -0.25) is 4.79 Å². The van der Waals surface area contributed by atoms with Crippen LogP contribution in [0.15, 0.2) is 42.5 Å². The summed E-state index contributed by atoms with van der Waals surface area (Å²) in [5.41, 5.74) is 1.04. The van der Waals surface area contributed by atoms with E-state index in [9.17, 15) is 4.79 Å². The van der Waals surface area contributed by atoms with Gasteiger partial charge in [0, 0.05) is 12.4 Å². The second-order valence-corrected chi connectivity index (χ2v) is 4.63. The number of amides is 1. The molecule has 2 aromatic rings. The van der Waals surface area contributed by atoms with E-state index < -0.39 is 0 Å². The molecule has 0 atom stereocenters. The number of halogens is 1. The summed E-state index contributed by atoms with van der Waals surface area (Å²) >= 11 is 5.56. The van der Waals surface area contributed by atoms with Crippen molar-refractivity contribution in [1.29, 1.82) is 0 Å². The molecule has 18 heavy (non-hydrogen) atoms. The van der Waals surface area contributed by atoms with Crippen LogP contribution >= 0.6 is 11.6 Å². The fourth-order valence-corrected chi connectivity index (χ4v) is 2.02. The molecule has 2 aromatic carbocycles. The predicted octanol–water partition coefficient (Wildman–Crippen LogP) is 3.13. The highest BCUT2D eigenvalue weighted by molar-refractivity contribution is 6.17. The van der Waals surface area contributed by atoms with Gasteiger partial charge in [0.25, 0.3) is 0 Å². The van der Waals surface area contributed by atoms with E-state index in [0.29, 0.717) is 18.8 Å². The maximum absolute atomic E-state index is 11.7. The Morgan fingerprint density at radius 1 is 1.11 bits per heavy atom. The number of rotatable bonds is 5. The van der Waals surface area contributed by atoms with Gasteiger partial charge in [-0.1, -0.05) is 42.5 Å². The first-order valence-electron chi connectivity index (χ1n) is 6.10. The molecule has 1 N–H and O–H groups in total. The Labute approximate surface area is 112 Å². The molecule has 3 heteroatoms. The average Bonchev–Trinajstić information content (AvgIpc) is 2.39. The lowest BCUT2D eigenvalue weighted by Crippen LogP contribution is -2.26. The first kappa shape index (κ1) is 12.9. The van der Waals surface area contributed by atoms with Crippen LogP contribution in [0.1, 0.15) is 12.0 Å². The summed E-state index contributed by atoms with van der Waals surface area (Å²) in [5, 5.41) is 5.22. The zero-order valence-electron chi connectivity index (χ0n) is 10.2. The summed E-state index contributed by atoms with van der Waals surface area (Å²) in [6.45, 7) is 0.649. The third-order valence-electron chi connectivity index (χ3n) is 2.81. The Hall–Kier alpha value is -1.54. The van der Waals surface area contributed by atoms with Crippen molar-refractivity contribution in [3.05, 3.63) is 48.0 Å². The number of carbonyl (C=O) groups excluding carboxylic acids is 1. The molecule has 0 radical (unpaired) electrons. The van der Waals surface area contributed by atoms with Crippen molar-refractivity contribution in [2.24, 2.45) is 0 Å². The van der Waals surface area contributed by atoms with Crippen LogP contribution in [0.2, 0.25) is 0 Å². The summed E-state index contributed by atoms with van der Waals surface area (Å²) < 4.78 is 0. The third kappa shape index (κ3) is 3.47. The first-order chi connectivity index (χ1) is 8.79. The number of alkyl halides is 1. The molecule has 0 heterocycles. The van der Waals surface area contributed by atoms with Gasteiger partial charge in [0.15, 0.2) is 0 Å². The topological polar surface area (TPSA) is 29.1 Å². The van der Waals surface area contributed by atoms with Gasteiger partial charge in [-0.05, 0) is 22.8 Å². The van der Waals surface area contributed by atoms with Gasteiger partial charge < -0.3 is 5.32 Å². The van der Waals surface area contributed by atoms with Crippen LogP contribution in [-0.4, -0.2) is 18.3 Å². The number of fused-ring (bicyclic) bond motifs is 1. The molecule has 0 bridgehead atoms. The standard InChI is InChI=1S/C15H16ClNO/c16-8-3-9-17-15(18)11-12-6-7-13-4-1-2-5-14(13)10-12/h1-2,4-7,10H,3,8-9,11H2,(H,17,18). The minimum Gasteiger partial charge on any atom is -0.356 e. The second kappa shape index (κ2) is 6.41. The highest BCUT2D eigenvalue weighted by Gasteiger charge is 2.03. The molecule has 94 valence electrons. The van der Waals surface area contributed by atoms with Crippen molar-refractivity contribution < 1.29 is 4.79 Å². The summed E-state index contributed by atoms with van der Waals surface area (Å²) in [4.78, 5) is 11.7. The molecule has 0 spiro atoms. The lowest BCUT2D eigenvalue weighted by Gasteiger charge is -2.05. The van der Waals surface area contributed by atoms with Crippen LogP contribution in [0.4, 0.5) is 0 Å². The molecule has 0 aliphatic heterocycles. The number of nitrogens with one attached hydrogen (secondary N) is 1. The molecule has 0 saturated carbocycles. The molecular formula is C15H16ClNO. The van der Waals surface area contributed by atoms with Crippen molar-refractivity contribution >= 4 is 28.3 Å². The fraction of sp³-hybridized carbons (Fsp3) is 0.267. The largest absolute Gasteiger partial charge is 0.356 e. The van der Waals surface area contributed by atoms with Crippen LogP contribution in [0.5, 0.6) is 0 Å². The van der Waals surface area contributed by atoms with Crippen LogP contribution in [0.3, 0.4) is 0 Å². The Balaban J connectivity index is 2.01. The number of benzene rings is 2. The molecule has 2 rings (SSSR count). The maximum atomic E-state index is 11.7. The molecule has 0 aliphatic rings. The Bertz CT molecular complexity index is 539. The van der Waals surface area contributed by atoms with Crippen molar-refractivity contribution in [2.45, 2.75) is 12.8 Å². The van der Waals surface area contributed by atoms with Crippen LogP contribution in [0.25, 0.3) is 10.8 Å². The third-order valence-corrected chi connectivity index (χ3v) is 3.08. The quantitative estimate of drug-likeness (QED) is 0.650. The van der Waals surface area contributed by atoms with E-state index in [1.807, 2.05) is 18.2 Å². The van der Waals surface area contributed by atoms with E-state index in [4.69, 9.17) is 11.6 Å². The smallest absolute Gasteiger partial charge is 0.224 e. The highest BCUT2D eigenvalue weighted by Crippen LogP contribution is 2.15. The number of hydrogen-bond acceptors (Lipinski definition) is 1. The van der Waals surface area contributed by atoms with E-state index in [0.717, 1.165) is 12.0 Å². The number of carbonyl (C=O) groups is 1. The van der Waals surface area contributed by atoms with Gasteiger partial charge in [0.2, 0.25) is 5.91 Å². The highest BCUT2D eigenvalue weighted by atomic mass is 35.5. The van der Waals surface area contributed by atoms with Crippen LogP contribution in [0, 0.1) is 0 Å². The minimum atomic E-state index is 0.0513. The Kier molecular flexibility index (Phi) is 4.59. The van der Waals surface area contributed by atoms with Crippen molar-refractivity contribution in [3.63, 3.8) is 0 Å². The molecule has 0 saturated heterocycles. The number of hydrogen-bond donors (Lipinski definition) is 1. The molecule has 0 aromatic heterocycles. The van der Waals surface area contributed by atoms with Crippen molar-refractivity contribution in [3.8, 4) is 0 Å². The van der Waals surface area contributed by atoms with Crippen molar-refractivity contribution in [2.75, 3.05) is 12.4 Å². The van der Waals surface area contributed by atoms with Crippen molar-refractivity contribution in [1.82, 2.24) is 5.32 Å². The summed E-state index contributed by atoms with van der Waals surface area (Å²) in [5.74, 6) is 0.631. The second-order valence-electron chi connectivity index (χ2n) is 4.25. The molecular weight excluding hydrogens is 246 g/mol. The fourth-order valence-electron chi connectivity index (χ4n) is 1.89. The maximum Gasteiger partial charge on any atom is 0.224 e. The van der Waals surface area contributed by atoms with Crippen LogP contribution in [-0.2, 0) is 11.2 Å². The van der Waals surface area contributed by atoms with E-state index in [1.54, 1.807) is 0 Å². The monoisotopic (exact) mass is 261 g/mol. The first-order valence-corrected chi connectivity index (χ1v) is 6.63. The van der Waals surface area contributed by atoms with E-state index in [-0.39, 0.29) is 5.91 Å². The molecule has 0 unspecified atom stereocenters. The van der Waals surface area contributed by atoms with Gasteiger partial charge in [0.05, 0.1) is 6.42 Å². The Morgan fingerprint density at radius 2 is 1.89 bits per heavy atom. The lowest BCUT2D eigenvalue weighted by atomic mass is 10.0. The van der Waals surface area contributed by atoms with Gasteiger partial charge in [-0.15, -0.1) is 11.6 Å². The lowest BCUT2D eigenvalue weighted by molar-refractivity contribution is -0.120. The molecule has 2 nitrogen and oxygen atoms in total. The summed E-state index contributed by atoms with van der Waals surface area (Å²) in [7, 11) is 0. The molecule has 1 amide bonds. The SMILES string of the molecule is O=C(Cc1ccc2ccccc2c1)NCCCCl. The average molecular weight is 262 g/mol. The van der Waals surface area contributed by atoms with Gasteiger partial charge >= 0.3 is 0 Å². The van der Waals surface area contributed by atoms with E-state index in [1.165, 1.54) is 10.8 Å². The van der Waals surface area contributed by atoms with Gasteiger partial charge in [-0.25, -0.2) is 0 Å². The molecule has 0 fully saturated rings. The zero-order chi connectivity index (χ0) is 12.8. The Morgan fingerprint density at radius 3 is 2.67 bits per heavy atom. The zero-order valence-corrected chi connectivity index (χ0v) is 10.9. The molecule has 0 aliphatic carbocycles.